The third-order valence-corrected chi connectivity index (χ3v) is 6.61. The van der Waals surface area contributed by atoms with Crippen molar-refractivity contribution in [3.8, 4) is 11.1 Å². The van der Waals surface area contributed by atoms with E-state index in [4.69, 9.17) is 4.74 Å². The molecule has 3 aromatic carbocycles. The minimum absolute atomic E-state index is 0.0441. The van der Waals surface area contributed by atoms with Crippen LogP contribution in [-0.2, 0) is 16.0 Å². The van der Waals surface area contributed by atoms with E-state index in [1.807, 2.05) is 54.6 Å². The largest absolute Gasteiger partial charge is 0.480 e. The van der Waals surface area contributed by atoms with E-state index in [9.17, 15) is 14.7 Å². The molecule has 0 aromatic heterocycles. The van der Waals surface area contributed by atoms with Crippen LogP contribution in [0.2, 0.25) is 0 Å². The zero-order valence-corrected chi connectivity index (χ0v) is 17.7. The molecular formula is C27H25NO4. The molecule has 162 valence electrons. The first-order chi connectivity index (χ1) is 15.6. The van der Waals surface area contributed by atoms with E-state index in [0.29, 0.717) is 13.0 Å². The lowest BCUT2D eigenvalue weighted by Gasteiger charge is -2.22. The minimum atomic E-state index is -0.978. The molecule has 2 unspecified atom stereocenters. The van der Waals surface area contributed by atoms with Gasteiger partial charge >= 0.3 is 12.1 Å². The highest BCUT2D eigenvalue weighted by atomic mass is 16.6. The fourth-order valence-corrected chi connectivity index (χ4v) is 5.13. The van der Waals surface area contributed by atoms with E-state index in [1.54, 1.807) is 0 Å². The summed E-state index contributed by atoms with van der Waals surface area (Å²) >= 11 is 0. The average molecular weight is 428 g/mol. The molecule has 5 nitrogen and oxygen atoms in total. The van der Waals surface area contributed by atoms with Gasteiger partial charge in [0.1, 0.15) is 12.6 Å². The van der Waals surface area contributed by atoms with Crippen LogP contribution < -0.4 is 0 Å². The molecule has 1 fully saturated rings. The monoisotopic (exact) mass is 427 g/mol. The summed E-state index contributed by atoms with van der Waals surface area (Å²) in [5.74, 6) is -0.926. The molecule has 1 aliphatic heterocycles. The molecule has 0 radical (unpaired) electrons. The SMILES string of the molecule is O=C(O)C1CC(Cc2ccccc2)CN1C(=O)OCC1c2ccccc2-c2ccccc21. The van der Waals surface area contributed by atoms with Crippen molar-refractivity contribution in [2.24, 2.45) is 5.92 Å². The first-order valence-electron chi connectivity index (χ1n) is 11.0. The molecule has 1 aliphatic carbocycles. The van der Waals surface area contributed by atoms with E-state index >= 15 is 0 Å². The zero-order valence-electron chi connectivity index (χ0n) is 17.7. The number of rotatable bonds is 5. The molecule has 0 spiro atoms. The van der Waals surface area contributed by atoms with Gasteiger partial charge in [-0.25, -0.2) is 9.59 Å². The fourth-order valence-electron chi connectivity index (χ4n) is 5.13. The molecule has 0 bridgehead atoms. The molecule has 5 heteroatoms. The summed E-state index contributed by atoms with van der Waals surface area (Å²) in [6.45, 7) is 0.585. The van der Waals surface area contributed by atoms with Gasteiger partial charge < -0.3 is 9.84 Å². The molecule has 32 heavy (non-hydrogen) atoms. The van der Waals surface area contributed by atoms with Gasteiger partial charge in [0.15, 0.2) is 0 Å². The maximum Gasteiger partial charge on any atom is 0.410 e. The van der Waals surface area contributed by atoms with Crippen LogP contribution in [0.15, 0.2) is 78.9 Å². The summed E-state index contributed by atoms with van der Waals surface area (Å²) < 4.78 is 5.73. The minimum Gasteiger partial charge on any atom is -0.480 e. The van der Waals surface area contributed by atoms with Crippen molar-refractivity contribution < 1.29 is 19.4 Å². The first kappa shape index (κ1) is 20.3. The summed E-state index contributed by atoms with van der Waals surface area (Å²) in [4.78, 5) is 26.2. The molecule has 3 aromatic rings. The van der Waals surface area contributed by atoms with Crippen molar-refractivity contribution in [1.29, 1.82) is 0 Å². The molecule has 5 rings (SSSR count). The third kappa shape index (κ3) is 3.75. The van der Waals surface area contributed by atoms with Crippen LogP contribution in [0.3, 0.4) is 0 Å². The van der Waals surface area contributed by atoms with Gasteiger partial charge in [0.05, 0.1) is 0 Å². The number of nitrogens with zero attached hydrogens (tertiary/aromatic N) is 1. The summed E-state index contributed by atoms with van der Waals surface area (Å²) in [5, 5.41) is 9.71. The van der Waals surface area contributed by atoms with Crippen LogP contribution in [0.5, 0.6) is 0 Å². The quantitative estimate of drug-likeness (QED) is 0.625. The first-order valence-corrected chi connectivity index (χ1v) is 11.0. The summed E-state index contributed by atoms with van der Waals surface area (Å²) in [5.41, 5.74) is 5.75. The normalized spacial score (nSPS) is 19.4. The number of carbonyl (C=O) groups excluding carboxylic acids is 1. The van der Waals surface area contributed by atoms with E-state index in [0.717, 1.165) is 34.2 Å². The Morgan fingerprint density at radius 3 is 2.09 bits per heavy atom. The summed E-state index contributed by atoms with van der Waals surface area (Å²) in [7, 11) is 0. The smallest absolute Gasteiger partial charge is 0.410 e. The predicted molar refractivity (Wildman–Crippen MR) is 121 cm³/mol. The second kappa shape index (κ2) is 8.50. The highest BCUT2D eigenvalue weighted by Crippen LogP contribution is 2.44. The van der Waals surface area contributed by atoms with Crippen LogP contribution >= 0.6 is 0 Å². The second-order valence-corrected chi connectivity index (χ2v) is 8.60. The van der Waals surface area contributed by atoms with Gasteiger partial charge in [-0.05, 0) is 46.6 Å². The lowest BCUT2D eigenvalue weighted by Crippen LogP contribution is -2.41. The van der Waals surface area contributed by atoms with Gasteiger partial charge in [-0.15, -0.1) is 0 Å². The number of benzene rings is 3. The number of carboxylic acid groups (broad SMARTS) is 1. The number of fused-ring (bicyclic) bond motifs is 3. The fraction of sp³-hybridized carbons (Fsp3) is 0.259. The van der Waals surface area contributed by atoms with Crippen molar-refractivity contribution in [3.63, 3.8) is 0 Å². The number of carbonyl (C=O) groups is 2. The van der Waals surface area contributed by atoms with Gasteiger partial charge in [0.25, 0.3) is 0 Å². The Hall–Kier alpha value is -3.60. The van der Waals surface area contributed by atoms with Crippen molar-refractivity contribution in [2.45, 2.75) is 24.8 Å². The van der Waals surface area contributed by atoms with Crippen molar-refractivity contribution in [1.82, 2.24) is 4.90 Å². The Morgan fingerprint density at radius 1 is 0.875 bits per heavy atom. The third-order valence-electron chi connectivity index (χ3n) is 6.61. The van der Waals surface area contributed by atoms with Gasteiger partial charge in [-0.3, -0.25) is 4.90 Å². The lowest BCUT2D eigenvalue weighted by atomic mass is 9.97. The second-order valence-electron chi connectivity index (χ2n) is 8.60. The average Bonchev–Trinajstić information content (AvgIpc) is 3.38. The maximum absolute atomic E-state index is 13.0. The van der Waals surface area contributed by atoms with E-state index in [-0.39, 0.29) is 18.4 Å². The van der Waals surface area contributed by atoms with E-state index in [1.165, 1.54) is 4.90 Å². The van der Waals surface area contributed by atoms with Crippen LogP contribution in [0, 0.1) is 5.92 Å². The number of ether oxygens (including phenoxy) is 1. The molecule has 1 saturated heterocycles. The number of hydrogen-bond donors (Lipinski definition) is 1. The van der Waals surface area contributed by atoms with Gasteiger partial charge in [-0.1, -0.05) is 78.9 Å². The number of aliphatic carboxylic acids is 1. The maximum atomic E-state index is 13.0. The van der Waals surface area contributed by atoms with Gasteiger partial charge in [0, 0.05) is 12.5 Å². The van der Waals surface area contributed by atoms with Crippen LogP contribution in [-0.4, -0.2) is 41.3 Å². The van der Waals surface area contributed by atoms with Crippen molar-refractivity contribution in [3.05, 3.63) is 95.6 Å². The molecular weight excluding hydrogens is 402 g/mol. The summed E-state index contributed by atoms with van der Waals surface area (Å²) in [6.07, 6.45) is 0.640. The highest BCUT2D eigenvalue weighted by molar-refractivity contribution is 5.81. The van der Waals surface area contributed by atoms with E-state index in [2.05, 4.69) is 24.3 Å². The lowest BCUT2D eigenvalue weighted by molar-refractivity contribution is -0.141. The standard InChI is InChI=1S/C27H25NO4/c29-26(30)25-15-19(14-18-8-2-1-3-9-18)16-28(25)27(31)32-17-24-22-12-6-4-10-20(22)21-11-5-7-13-23(21)24/h1-13,19,24-25H,14-17H2,(H,29,30). The van der Waals surface area contributed by atoms with Gasteiger partial charge in [0.2, 0.25) is 0 Å². The Bertz CT molecular complexity index is 1100. The molecule has 2 aliphatic rings. The number of amides is 1. The molecule has 1 heterocycles. The topological polar surface area (TPSA) is 66.8 Å². The molecule has 2 atom stereocenters. The Kier molecular flexibility index (Phi) is 5.39. The Labute approximate surface area is 187 Å². The molecule has 0 saturated carbocycles. The Morgan fingerprint density at radius 2 is 1.47 bits per heavy atom. The number of carboxylic acids is 1. The number of hydrogen-bond acceptors (Lipinski definition) is 3. The number of likely N-dealkylation sites (tertiary alicyclic amines) is 1. The van der Waals surface area contributed by atoms with Crippen LogP contribution in [0.25, 0.3) is 11.1 Å². The van der Waals surface area contributed by atoms with Gasteiger partial charge in [-0.2, -0.15) is 0 Å². The zero-order chi connectivity index (χ0) is 22.1. The predicted octanol–water partition coefficient (Wildman–Crippen LogP) is 4.95. The summed E-state index contributed by atoms with van der Waals surface area (Å²) in [6, 6.07) is 25.5. The van der Waals surface area contributed by atoms with Crippen molar-refractivity contribution in [2.75, 3.05) is 13.2 Å². The molecule has 1 amide bonds. The van der Waals surface area contributed by atoms with E-state index < -0.39 is 18.1 Å². The van der Waals surface area contributed by atoms with Crippen molar-refractivity contribution >= 4 is 12.1 Å². The Balaban J connectivity index is 1.30. The molecule has 1 N–H and O–H groups in total. The van der Waals surface area contributed by atoms with Crippen LogP contribution in [0.4, 0.5) is 4.79 Å². The van der Waals surface area contributed by atoms with Crippen LogP contribution in [0.1, 0.15) is 29.0 Å². The highest BCUT2D eigenvalue weighted by Gasteiger charge is 2.41.